The molecule has 0 saturated heterocycles. The standard InChI is InChI=1S/C17H22ClN3O/c1-4-21(5-2)12(3)11-19-17(22)14-10-16(18)20-15-9-7-6-8-13(14)15/h6-10,12H,4-5,11H2,1-3H3,(H,19,22). The zero-order chi connectivity index (χ0) is 16.1. The summed E-state index contributed by atoms with van der Waals surface area (Å²) in [6.45, 7) is 8.91. The lowest BCUT2D eigenvalue weighted by molar-refractivity contribution is 0.0939. The van der Waals surface area contributed by atoms with Crippen molar-refractivity contribution in [1.29, 1.82) is 0 Å². The molecule has 1 atom stereocenters. The fourth-order valence-electron chi connectivity index (χ4n) is 2.64. The first-order valence-electron chi connectivity index (χ1n) is 7.64. The van der Waals surface area contributed by atoms with Crippen LogP contribution in [0.25, 0.3) is 10.9 Å². The van der Waals surface area contributed by atoms with Crippen molar-refractivity contribution in [2.24, 2.45) is 0 Å². The molecule has 1 heterocycles. The first-order valence-corrected chi connectivity index (χ1v) is 8.02. The van der Waals surface area contributed by atoms with Crippen molar-refractivity contribution in [3.63, 3.8) is 0 Å². The number of hydrogen-bond donors (Lipinski definition) is 1. The summed E-state index contributed by atoms with van der Waals surface area (Å²) in [5.74, 6) is -0.112. The summed E-state index contributed by atoms with van der Waals surface area (Å²) in [6.07, 6.45) is 0. The zero-order valence-corrected chi connectivity index (χ0v) is 14.0. The van der Waals surface area contributed by atoms with Crippen molar-refractivity contribution in [3.8, 4) is 0 Å². The van der Waals surface area contributed by atoms with Crippen molar-refractivity contribution in [3.05, 3.63) is 41.0 Å². The third-order valence-corrected chi connectivity index (χ3v) is 4.12. The SMILES string of the molecule is CCN(CC)C(C)CNC(=O)c1cc(Cl)nc2ccccc12. The normalized spacial score (nSPS) is 12.6. The van der Waals surface area contributed by atoms with E-state index in [0.717, 1.165) is 24.0 Å². The van der Waals surface area contributed by atoms with Crippen molar-refractivity contribution in [2.45, 2.75) is 26.8 Å². The van der Waals surface area contributed by atoms with E-state index >= 15 is 0 Å². The number of benzene rings is 1. The summed E-state index contributed by atoms with van der Waals surface area (Å²) in [7, 11) is 0. The highest BCUT2D eigenvalue weighted by Crippen LogP contribution is 2.20. The second kappa shape index (κ2) is 7.56. The number of amides is 1. The van der Waals surface area contributed by atoms with Crippen LogP contribution in [0.3, 0.4) is 0 Å². The molecule has 1 N–H and O–H groups in total. The molecule has 1 unspecified atom stereocenters. The molecule has 118 valence electrons. The quantitative estimate of drug-likeness (QED) is 0.830. The Kier molecular flexibility index (Phi) is 5.75. The van der Waals surface area contributed by atoms with Crippen LogP contribution in [0.1, 0.15) is 31.1 Å². The van der Waals surface area contributed by atoms with E-state index in [9.17, 15) is 4.79 Å². The molecule has 0 saturated carbocycles. The zero-order valence-electron chi connectivity index (χ0n) is 13.3. The maximum absolute atomic E-state index is 12.5. The molecule has 2 rings (SSSR count). The van der Waals surface area contributed by atoms with Gasteiger partial charge in [0.05, 0.1) is 11.1 Å². The third-order valence-electron chi connectivity index (χ3n) is 3.92. The Balaban J connectivity index is 2.16. The molecule has 4 nitrogen and oxygen atoms in total. The average molecular weight is 320 g/mol. The maximum Gasteiger partial charge on any atom is 0.252 e. The van der Waals surface area contributed by atoms with E-state index in [4.69, 9.17) is 11.6 Å². The van der Waals surface area contributed by atoms with Gasteiger partial charge in [-0.25, -0.2) is 4.98 Å². The monoisotopic (exact) mass is 319 g/mol. The second-order valence-corrected chi connectivity index (χ2v) is 5.68. The number of rotatable bonds is 6. The van der Waals surface area contributed by atoms with Crippen LogP contribution in [0.4, 0.5) is 0 Å². The van der Waals surface area contributed by atoms with Gasteiger partial charge in [0, 0.05) is 18.0 Å². The summed E-state index contributed by atoms with van der Waals surface area (Å²) in [6, 6.07) is 9.45. The average Bonchev–Trinajstić information content (AvgIpc) is 2.52. The van der Waals surface area contributed by atoms with E-state index < -0.39 is 0 Å². The molecule has 0 spiro atoms. The van der Waals surface area contributed by atoms with E-state index in [2.05, 4.69) is 36.0 Å². The summed E-state index contributed by atoms with van der Waals surface area (Å²) in [5, 5.41) is 4.15. The van der Waals surface area contributed by atoms with Crippen LogP contribution < -0.4 is 5.32 Å². The Morgan fingerprint density at radius 2 is 2.00 bits per heavy atom. The van der Waals surface area contributed by atoms with Gasteiger partial charge < -0.3 is 5.32 Å². The molecule has 0 fully saturated rings. The molecular formula is C17H22ClN3O. The fourth-order valence-corrected chi connectivity index (χ4v) is 2.84. The molecule has 0 aliphatic carbocycles. The lowest BCUT2D eigenvalue weighted by Gasteiger charge is -2.26. The number of nitrogens with one attached hydrogen (secondary N) is 1. The minimum Gasteiger partial charge on any atom is -0.350 e. The minimum atomic E-state index is -0.112. The van der Waals surface area contributed by atoms with Gasteiger partial charge in [-0.05, 0) is 32.1 Å². The van der Waals surface area contributed by atoms with Crippen LogP contribution in [0, 0.1) is 0 Å². The molecule has 1 amide bonds. The molecule has 5 heteroatoms. The van der Waals surface area contributed by atoms with Crippen LogP contribution in [-0.2, 0) is 0 Å². The van der Waals surface area contributed by atoms with Crippen molar-refractivity contribution < 1.29 is 4.79 Å². The third kappa shape index (κ3) is 3.76. The summed E-state index contributed by atoms with van der Waals surface area (Å²) in [5.41, 5.74) is 1.30. The highest BCUT2D eigenvalue weighted by atomic mass is 35.5. The number of aromatic nitrogens is 1. The Labute approximate surface area is 136 Å². The van der Waals surface area contributed by atoms with E-state index in [1.165, 1.54) is 0 Å². The van der Waals surface area contributed by atoms with Gasteiger partial charge in [-0.3, -0.25) is 9.69 Å². The Bertz CT molecular complexity index is 655. The Morgan fingerprint density at radius 3 is 2.68 bits per heavy atom. The second-order valence-electron chi connectivity index (χ2n) is 5.29. The van der Waals surface area contributed by atoms with Gasteiger partial charge >= 0.3 is 0 Å². The molecule has 0 aliphatic rings. The number of pyridine rings is 1. The van der Waals surface area contributed by atoms with E-state index in [1.807, 2.05) is 24.3 Å². The van der Waals surface area contributed by atoms with Gasteiger partial charge in [-0.1, -0.05) is 43.6 Å². The maximum atomic E-state index is 12.5. The van der Waals surface area contributed by atoms with Gasteiger partial charge in [0.25, 0.3) is 5.91 Å². The van der Waals surface area contributed by atoms with Crippen LogP contribution >= 0.6 is 11.6 Å². The van der Waals surface area contributed by atoms with E-state index in [0.29, 0.717) is 23.3 Å². The van der Waals surface area contributed by atoms with Gasteiger partial charge in [-0.2, -0.15) is 0 Å². The number of halogens is 1. The van der Waals surface area contributed by atoms with E-state index in [-0.39, 0.29) is 5.91 Å². The summed E-state index contributed by atoms with van der Waals surface area (Å²) < 4.78 is 0. The lowest BCUT2D eigenvalue weighted by atomic mass is 10.1. The summed E-state index contributed by atoms with van der Waals surface area (Å²) in [4.78, 5) is 19.0. The summed E-state index contributed by atoms with van der Waals surface area (Å²) >= 11 is 6.03. The van der Waals surface area contributed by atoms with Crippen LogP contribution in [0.2, 0.25) is 5.15 Å². The molecular weight excluding hydrogens is 298 g/mol. The highest BCUT2D eigenvalue weighted by Gasteiger charge is 2.15. The number of carbonyl (C=O) groups is 1. The van der Waals surface area contributed by atoms with Crippen LogP contribution in [0.5, 0.6) is 0 Å². The molecule has 0 radical (unpaired) electrons. The van der Waals surface area contributed by atoms with E-state index in [1.54, 1.807) is 6.07 Å². The van der Waals surface area contributed by atoms with Crippen LogP contribution in [-0.4, -0.2) is 41.5 Å². The molecule has 1 aromatic carbocycles. The van der Waals surface area contributed by atoms with Crippen molar-refractivity contribution >= 4 is 28.4 Å². The molecule has 2 aromatic rings. The molecule has 1 aromatic heterocycles. The number of fused-ring (bicyclic) bond motifs is 1. The number of nitrogens with zero attached hydrogens (tertiary/aromatic N) is 2. The minimum absolute atomic E-state index is 0.112. The highest BCUT2D eigenvalue weighted by molar-refractivity contribution is 6.30. The molecule has 22 heavy (non-hydrogen) atoms. The van der Waals surface area contributed by atoms with Crippen molar-refractivity contribution in [2.75, 3.05) is 19.6 Å². The number of para-hydroxylation sites is 1. The Hall–Kier alpha value is -1.65. The first-order chi connectivity index (χ1) is 10.6. The Morgan fingerprint density at radius 1 is 1.32 bits per heavy atom. The number of carbonyl (C=O) groups excluding carboxylic acids is 1. The predicted molar refractivity (Wildman–Crippen MR) is 91.5 cm³/mol. The fraction of sp³-hybridized carbons (Fsp3) is 0.412. The molecule has 0 bridgehead atoms. The molecule has 0 aliphatic heterocycles. The largest absolute Gasteiger partial charge is 0.350 e. The topological polar surface area (TPSA) is 45.2 Å². The number of hydrogen-bond acceptors (Lipinski definition) is 3. The van der Waals surface area contributed by atoms with Crippen molar-refractivity contribution in [1.82, 2.24) is 15.2 Å². The van der Waals surface area contributed by atoms with Gasteiger partial charge in [0.15, 0.2) is 0 Å². The van der Waals surface area contributed by atoms with Gasteiger partial charge in [-0.15, -0.1) is 0 Å². The first kappa shape index (κ1) is 16.7. The van der Waals surface area contributed by atoms with Gasteiger partial charge in [0.1, 0.15) is 5.15 Å². The number of likely N-dealkylation sites (N-methyl/N-ethyl adjacent to an activating group) is 1. The van der Waals surface area contributed by atoms with Gasteiger partial charge in [0.2, 0.25) is 0 Å². The smallest absolute Gasteiger partial charge is 0.252 e. The van der Waals surface area contributed by atoms with Crippen LogP contribution in [0.15, 0.2) is 30.3 Å². The lowest BCUT2D eigenvalue weighted by Crippen LogP contribution is -2.42. The predicted octanol–water partition coefficient (Wildman–Crippen LogP) is 3.35.